The zero-order valence-corrected chi connectivity index (χ0v) is 11.1. The van der Waals surface area contributed by atoms with Gasteiger partial charge in [0.1, 0.15) is 6.04 Å². The fraction of sp³-hybridized carbons (Fsp3) is 0.429. The molecule has 1 amide bonds. The van der Waals surface area contributed by atoms with Crippen molar-refractivity contribution in [2.75, 3.05) is 13.7 Å². The molecular formula is C14H20N2O3. The third kappa shape index (κ3) is 5.09. The number of methoxy groups -OCH3 is 1. The zero-order chi connectivity index (χ0) is 14.1. The van der Waals surface area contributed by atoms with E-state index < -0.39 is 12.0 Å². The maximum atomic E-state index is 12.0. The predicted octanol–water partition coefficient (Wildman–Crippen LogP) is 1.09. The van der Waals surface area contributed by atoms with E-state index in [0.717, 1.165) is 12.8 Å². The number of nitrogens with two attached hydrogens (primary N) is 1. The lowest BCUT2D eigenvalue weighted by Gasteiger charge is -2.16. The summed E-state index contributed by atoms with van der Waals surface area (Å²) in [5, 5.41) is 2.69. The van der Waals surface area contributed by atoms with Crippen molar-refractivity contribution in [3.05, 3.63) is 35.9 Å². The van der Waals surface area contributed by atoms with Gasteiger partial charge < -0.3 is 15.8 Å². The van der Waals surface area contributed by atoms with E-state index in [2.05, 4.69) is 5.32 Å². The van der Waals surface area contributed by atoms with Gasteiger partial charge in [0.15, 0.2) is 0 Å². The Kier molecular flexibility index (Phi) is 6.60. The van der Waals surface area contributed by atoms with E-state index in [9.17, 15) is 9.59 Å². The van der Waals surface area contributed by atoms with Crippen molar-refractivity contribution in [1.29, 1.82) is 0 Å². The van der Waals surface area contributed by atoms with Crippen LogP contribution in [0.2, 0.25) is 0 Å². The second kappa shape index (κ2) is 8.26. The van der Waals surface area contributed by atoms with Crippen molar-refractivity contribution in [1.82, 2.24) is 5.32 Å². The average molecular weight is 264 g/mol. The molecule has 0 saturated carbocycles. The van der Waals surface area contributed by atoms with Crippen LogP contribution in [-0.2, 0) is 9.53 Å². The molecule has 1 unspecified atom stereocenters. The minimum atomic E-state index is -0.621. The number of carbonyl (C=O) groups is 2. The molecule has 104 valence electrons. The molecule has 0 aromatic heterocycles. The largest absolute Gasteiger partial charge is 0.467 e. The van der Waals surface area contributed by atoms with Crippen LogP contribution in [0.1, 0.15) is 29.6 Å². The van der Waals surface area contributed by atoms with E-state index in [4.69, 9.17) is 10.5 Å². The van der Waals surface area contributed by atoms with Gasteiger partial charge in [-0.05, 0) is 37.9 Å². The molecule has 0 saturated heterocycles. The molecule has 3 N–H and O–H groups in total. The summed E-state index contributed by atoms with van der Waals surface area (Å²) in [7, 11) is 1.31. The Morgan fingerprint density at radius 1 is 1.26 bits per heavy atom. The van der Waals surface area contributed by atoms with E-state index >= 15 is 0 Å². The van der Waals surface area contributed by atoms with Crippen molar-refractivity contribution in [2.45, 2.75) is 25.3 Å². The summed E-state index contributed by atoms with van der Waals surface area (Å²) in [5.41, 5.74) is 5.94. The standard InChI is InChI=1S/C14H20N2O3/c1-19-14(18)12(9-5-6-10-15)16-13(17)11-7-3-2-4-8-11/h2-4,7-8,12H,5-6,9-10,15H2,1H3,(H,16,17). The lowest BCUT2D eigenvalue weighted by molar-refractivity contribution is -0.143. The van der Waals surface area contributed by atoms with E-state index in [1.165, 1.54) is 7.11 Å². The number of carbonyl (C=O) groups excluding carboxylic acids is 2. The van der Waals surface area contributed by atoms with Crippen LogP contribution < -0.4 is 11.1 Å². The van der Waals surface area contributed by atoms with Gasteiger partial charge in [0.05, 0.1) is 7.11 Å². The van der Waals surface area contributed by atoms with E-state index in [0.29, 0.717) is 18.5 Å². The Balaban J connectivity index is 2.61. The molecule has 0 aliphatic carbocycles. The quantitative estimate of drug-likeness (QED) is 0.570. The van der Waals surface area contributed by atoms with Crippen LogP contribution >= 0.6 is 0 Å². The number of esters is 1. The zero-order valence-electron chi connectivity index (χ0n) is 11.1. The first kappa shape index (κ1) is 15.2. The second-order valence-electron chi connectivity index (χ2n) is 4.20. The Morgan fingerprint density at radius 2 is 1.95 bits per heavy atom. The number of ether oxygens (including phenoxy) is 1. The molecule has 0 spiro atoms. The molecule has 0 heterocycles. The normalized spacial score (nSPS) is 11.7. The number of nitrogens with one attached hydrogen (secondary N) is 1. The number of amides is 1. The molecule has 5 heteroatoms. The van der Waals surface area contributed by atoms with Gasteiger partial charge in [-0.25, -0.2) is 4.79 Å². The summed E-state index contributed by atoms with van der Waals surface area (Å²) in [5.74, 6) is -0.704. The minimum absolute atomic E-state index is 0.274. The van der Waals surface area contributed by atoms with Crippen molar-refractivity contribution in [2.24, 2.45) is 5.73 Å². The van der Waals surface area contributed by atoms with Crippen LogP contribution in [0.5, 0.6) is 0 Å². The van der Waals surface area contributed by atoms with E-state index in [1.807, 2.05) is 6.07 Å². The summed E-state index contributed by atoms with van der Waals surface area (Å²) >= 11 is 0. The molecule has 1 rings (SSSR count). The first-order valence-electron chi connectivity index (χ1n) is 6.33. The van der Waals surface area contributed by atoms with Gasteiger partial charge >= 0.3 is 5.97 Å². The molecule has 0 aliphatic heterocycles. The molecular weight excluding hydrogens is 244 g/mol. The fourth-order valence-electron chi connectivity index (χ4n) is 1.72. The molecule has 0 bridgehead atoms. The Morgan fingerprint density at radius 3 is 2.53 bits per heavy atom. The van der Waals surface area contributed by atoms with E-state index in [1.54, 1.807) is 24.3 Å². The van der Waals surface area contributed by atoms with Gasteiger partial charge in [-0.2, -0.15) is 0 Å². The molecule has 0 radical (unpaired) electrons. The van der Waals surface area contributed by atoms with Gasteiger partial charge in [0.25, 0.3) is 5.91 Å². The van der Waals surface area contributed by atoms with Gasteiger partial charge in [0.2, 0.25) is 0 Å². The average Bonchev–Trinajstić information content (AvgIpc) is 2.46. The van der Waals surface area contributed by atoms with Crippen molar-refractivity contribution in [3.63, 3.8) is 0 Å². The summed E-state index contributed by atoms with van der Waals surface area (Å²) in [6.45, 7) is 0.570. The Labute approximate surface area is 113 Å². The summed E-state index contributed by atoms with van der Waals surface area (Å²) in [6, 6.07) is 8.15. The summed E-state index contributed by atoms with van der Waals surface area (Å²) < 4.78 is 4.69. The highest BCUT2D eigenvalue weighted by molar-refractivity contribution is 5.96. The van der Waals surface area contributed by atoms with Crippen LogP contribution in [0.4, 0.5) is 0 Å². The number of unbranched alkanes of at least 4 members (excludes halogenated alkanes) is 1. The highest BCUT2D eigenvalue weighted by Gasteiger charge is 2.21. The molecule has 1 aromatic carbocycles. The lowest BCUT2D eigenvalue weighted by Crippen LogP contribution is -2.41. The molecule has 1 atom stereocenters. The molecule has 19 heavy (non-hydrogen) atoms. The SMILES string of the molecule is COC(=O)C(CCCCN)NC(=O)c1ccccc1. The molecule has 0 fully saturated rings. The van der Waals surface area contributed by atoms with Crippen LogP contribution in [0.3, 0.4) is 0 Å². The van der Waals surface area contributed by atoms with Crippen molar-refractivity contribution >= 4 is 11.9 Å². The smallest absolute Gasteiger partial charge is 0.328 e. The van der Waals surface area contributed by atoms with Gasteiger partial charge in [-0.1, -0.05) is 18.2 Å². The molecule has 0 aliphatic rings. The highest BCUT2D eigenvalue weighted by Crippen LogP contribution is 2.05. The number of hydrogen-bond donors (Lipinski definition) is 2. The van der Waals surface area contributed by atoms with E-state index in [-0.39, 0.29) is 5.91 Å². The first-order chi connectivity index (χ1) is 9.19. The third-order valence-corrected chi connectivity index (χ3v) is 2.77. The maximum absolute atomic E-state index is 12.0. The van der Waals surface area contributed by atoms with Crippen molar-refractivity contribution in [3.8, 4) is 0 Å². The third-order valence-electron chi connectivity index (χ3n) is 2.77. The topological polar surface area (TPSA) is 81.4 Å². The second-order valence-corrected chi connectivity index (χ2v) is 4.20. The number of hydrogen-bond acceptors (Lipinski definition) is 4. The lowest BCUT2D eigenvalue weighted by atomic mass is 10.1. The van der Waals surface area contributed by atoms with Crippen LogP contribution in [0.15, 0.2) is 30.3 Å². The summed E-state index contributed by atoms with van der Waals surface area (Å²) in [6.07, 6.45) is 2.11. The van der Waals surface area contributed by atoms with Crippen LogP contribution in [0.25, 0.3) is 0 Å². The fourth-order valence-corrected chi connectivity index (χ4v) is 1.72. The molecule has 5 nitrogen and oxygen atoms in total. The van der Waals surface area contributed by atoms with Gasteiger partial charge in [-0.3, -0.25) is 4.79 Å². The summed E-state index contributed by atoms with van der Waals surface area (Å²) in [4.78, 5) is 23.6. The minimum Gasteiger partial charge on any atom is -0.467 e. The first-order valence-corrected chi connectivity index (χ1v) is 6.33. The monoisotopic (exact) mass is 264 g/mol. The van der Waals surface area contributed by atoms with Crippen LogP contribution in [0, 0.1) is 0 Å². The van der Waals surface area contributed by atoms with Gasteiger partial charge in [-0.15, -0.1) is 0 Å². The maximum Gasteiger partial charge on any atom is 0.328 e. The van der Waals surface area contributed by atoms with Crippen LogP contribution in [-0.4, -0.2) is 31.6 Å². The van der Waals surface area contributed by atoms with Crippen molar-refractivity contribution < 1.29 is 14.3 Å². The van der Waals surface area contributed by atoms with Gasteiger partial charge in [0, 0.05) is 5.56 Å². The Bertz CT molecular complexity index is 406. The predicted molar refractivity (Wildman–Crippen MR) is 72.6 cm³/mol. The number of benzene rings is 1. The Hall–Kier alpha value is -1.88. The molecule has 1 aromatic rings. The highest BCUT2D eigenvalue weighted by atomic mass is 16.5. The number of rotatable bonds is 7.